The Kier molecular flexibility index (Phi) is 2.63. The van der Waals surface area contributed by atoms with Crippen molar-refractivity contribution in [3.8, 4) is 0 Å². The van der Waals surface area contributed by atoms with Gasteiger partial charge in [-0.1, -0.05) is 13.8 Å². The maximum Gasteiger partial charge on any atom is 0.317 e. The van der Waals surface area contributed by atoms with Crippen molar-refractivity contribution < 1.29 is 9.53 Å². The number of nitrogens with one attached hydrogen (secondary N) is 1. The number of amides is 2. The summed E-state index contributed by atoms with van der Waals surface area (Å²) >= 11 is 0. The first-order valence-electron chi connectivity index (χ1n) is 5.30. The van der Waals surface area contributed by atoms with Crippen LogP contribution in [-0.2, 0) is 4.74 Å². The number of carbonyl (C=O) groups excluding carboxylic acids is 1. The molecule has 2 heterocycles. The van der Waals surface area contributed by atoms with E-state index in [9.17, 15) is 4.79 Å². The lowest BCUT2D eigenvalue weighted by atomic mass is 9.89. The van der Waals surface area contributed by atoms with Crippen molar-refractivity contribution in [2.45, 2.75) is 19.9 Å². The summed E-state index contributed by atoms with van der Waals surface area (Å²) in [5.74, 6) is 1.38. The molecule has 2 fully saturated rings. The zero-order valence-corrected chi connectivity index (χ0v) is 8.82. The highest BCUT2D eigenvalue weighted by Crippen LogP contribution is 2.23. The first-order chi connectivity index (χ1) is 6.66. The molecule has 4 nitrogen and oxygen atoms in total. The molecule has 2 aliphatic heterocycles. The molecule has 2 amide bonds. The van der Waals surface area contributed by atoms with Crippen molar-refractivity contribution in [2.75, 3.05) is 26.3 Å². The van der Waals surface area contributed by atoms with Crippen LogP contribution >= 0.6 is 0 Å². The second kappa shape index (κ2) is 3.77. The minimum atomic E-state index is 0.0789. The highest BCUT2D eigenvalue weighted by atomic mass is 16.5. The number of rotatable bonds is 2. The fraction of sp³-hybridized carbons (Fsp3) is 0.900. The molecule has 2 saturated heterocycles. The van der Waals surface area contributed by atoms with Gasteiger partial charge >= 0.3 is 6.03 Å². The molecular weight excluding hydrogens is 180 g/mol. The van der Waals surface area contributed by atoms with Crippen molar-refractivity contribution >= 4 is 6.03 Å². The smallest absolute Gasteiger partial charge is 0.317 e. The Morgan fingerprint density at radius 1 is 1.43 bits per heavy atom. The fourth-order valence-electron chi connectivity index (χ4n) is 1.69. The van der Waals surface area contributed by atoms with Gasteiger partial charge in [-0.25, -0.2) is 4.79 Å². The summed E-state index contributed by atoms with van der Waals surface area (Å²) in [6.07, 6.45) is 0. The zero-order valence-electron chi connectivity index (χ0n) is 8.82. The Balaban J connectivity index is 1.68. The predicted molar refractivity (Wildman–Crippen MR) is 53.0 cm³/mol. The molecule has 0 saturated carbocycles. The highest BCUT2D eigenvalue weighted by Gasteiger charge is 2.33. The van der Waals surface area contributed by atoms with Gasteiger partial charge in [-0.05, 0) is 11.8 Å². The van der Waals surface area contributed by atoms with Crippen LogP contribution in [0.3, 0.4) is 0 Å². The largest absolute Gasteiger partial charge is 0.377 e. The van der Waals surface area contributed by atoms with Gasteiger partial charge in [0.05, 0.1) is 19.3 Å². The summed E-state index contributed by atoms with van der Waals surface area (Å²) < 4.78 is 4.99. The van der Waals surface area contributed by atoms with Crippen LogP contribution in [0.4, 0.5) is 4.79 Å². The zero-order chi connectivity index (χ0) is 10.1. The summed E-state index contributed by atoms with van der Waals surface area (Å²) in [5, 5.41) is 2.94. The van der Waals surface area contributed by atoms with Crippen molar-refractivity contribution in [3.63, 3.8) is 0 Å². The topological polar surface area (TPSA) is 41.6 Å². The Labute approximate surface area is 84.6 Å². The maximum atomic E-state index is 11.6. The summed E-state index contributed by atoms with van der Waals surface area (Å²) in [6, 6.07) is 0.329. The van der Waals surface area contributed by atoms with E-state index in [1.54, 1.807) is 0 Å². The Hall–Kier alpha value is -0.770. The molecule has 0 spiro atoms. The van der Waals surface area contributed by atoms with Gasteiger partial charge in [0.1, 0.15) is 0 Å². The molecule has 0 aromatic carbocycles. The Bertz CT molecular complexity index is 220. The highest BCUT2D eigenvalue weighted by molar-refractivity contribution is 5.75. The summed E-state index contributed by atoms with van der Waals surface area (Å²) in [6.45, 7) is 7.59. The van der Waals surface area contributed by atoms with E-state index in [0.717, 1.165) is 13.1 Å². The standard InChI is InChI=1S/C10H18N2O2/c1-7(2)8-3-12(4-8)10(13)11-9-5-14-6-9/h7-9H,3-6H2,1-2H3,(H,11,13). The molecule has 1 N–H and O–H groups in total. The number of hydrogen-bond donors (Lipinski definition) is 1. The maximum absolute atomic E-state index is 11.6. The van der Waals surface area contributed by atoms with Crippen molar-refractivity contribution in [2.24, 2.45) is 11.8 Å². The lowest BCUT2D eigenvalue weighted by molar-refractivity contribution is -0.00553. The van der Waals surface area contributed by atoms with Crippen LogP contribution in [-0.4, -0.2) is 43.3 Å². The minimum Gasteiger partial charge on any atom is -0.377 e. The van der Waals surface area contributed by atoms with Crippen LogP contribution in [0.1, 0.15) is 13.8 Å². The quantitative estimate of drug-likeness (QED) is 0.709. The normalized spacial score (nSPS) is 23.2. The number of urea groups is 1. The van der Waals surface area contributed by atoms with Gasteiger partial charge in [-0.2, -0.15) is 0 Å². The van der Waals surface area contributed by atoms with E-state index < -0.39 is 0 Å². The number of hydrogen-bond acceptors (Lipinski definition) is 2. The Morgan fingerprint density at radius 2 is 2.07 bits per heavy atom. The second-order valence-electron chi connectivity index (χ2n) is 4.59. The van der Waals surface area contributed by atoms with E-state index in [2.05, 4.69) is 19.2 Å². The summed E-state index contributed by atoms with van der Waals surface area (Å²) in [5.41, 5.74) is 0. The lowest BCUT2D eigenvalue weighted by Gasteiger charge is -2.42. The molecule has 0 aliphatic carbocycles. The van der Waals surface area contributed by atoms with Gasteiger partial charge in [-0.15, -0.1) is 0 Å². The van der Waals surface area contributed by atoms with Crippen LogP contribution in [0.25, 0.3) is 0 Å². The summed E-state index contributed by atoms with van der Waals surface area (Å²) in [4.78, 5) is 13.4. The molecule has 0 radical (unpaired) electrons. The molecule has 0 aromatic heterocycles. The van der Waals surface area contributed by atoms with Crippen molar-refractivity contribution in [1.82, 2.24) is 10.2 Å². The average Bonchev–Trinajstić information content (AvgIpc) is 1.93. The molecule has 4 heteroatoms. The third kappa shape index (κ3) is 1.85. The van der Waals surface area contributed by atoms with E-state index in [1.165, 1.54) is 0 Å². The van der Waals surface area contributed by atoms with E-state index >= 15 is 0 Å². The molecule has 0 atom stereocenters. The van der Waals surface area contributed by atoms with Gasteiger partial charge in [0.25, 0.3) is 0 Å². The Morgan fingerprint density at radius 3 is 2.50 bits per heavy atom. The van der Waals surface area contributed by atoms with Crippen LogP contribution in [0.2, 0.25) is 0 Å². The number of ether oxygens (including phenoxy) is 1. The molecule has 80 valence electrons. The number of likely N-dealkylation sites (tertiary alicyclic amines) is 1. The van der Waals surface area contributed by atoms with E-state index in [4.69, 9.17) is 4.74 Å². The first-order valence-corrected chi connectivity index (χ1v) is 5.30. The third-order valence-corrected chi connectivity index (χ3v) is 3.11. The summed E-state index contributed by atoms with van der Waals surface area (Å²) in [7, 11) is 0. The number of nitrogens with zero attached hydrogens (tertiary/aromatic N) is 1. The molecule has 0 aromatic rings. The van der Waals surface area contributed by atoms with E-state index in [0.29, 0.717) is 25.0 Å². The predicted octanol–water partition coefficient (Wildman–Crippen LogP) is 0.683. The van der Waals surface area contributed by atoms with E-state index in [1.807, 2.05) is 4.90 Å². The van der Waals surface area contributed by atoms with Crippen LogP contribution < -0.4 is 5.32 Å². The monoisotopic (exact) mass is 198 g/mol. The van der Waals surface area contributed by atoms with Crippen LogP contribution in [0.15, 0.2) is 0 Å². The molecule has 0 bridgehead atoms. The lowest BCUT2D eigenvalue weighted by Crippen LogP contribution is -2.59. The van der Waals surface area contributed by atoms with Gasteiger partial charge in [-0.3, -0.25) is 0 Å². The van der Waals surface area contributed by atoms with Gasteiger partial charge in [0, 0.05) is 13.1 Å². The van der Waals surface area contributed by atoms with Gasteiger partial charge in [0.15, 0.2) is 0 Å². The van der Waals surface area contributed by atoms with E-state index in [-0.39, 0.29) is 12.1 Å². The molecule has 2 rings (SSSR count). The van der Waals surface area contributed by atoms with Gasteiger partial charge in [0.2, 0.25) is 0 Å². The van der Waals surface area contributed by atoms with Crippen molar-refractivity contribution in [3.05, 3.63) is 0 Å². The van der Waals surface area contributed by atoms with Crippen LogP contribution in [0, 0.1) is 11.8 Å². The average molecular weight is 198 g/mol. The molecule has 0 unspecified atom stereocenters. The minimum absolute atomic E-state index is 0.0789. The third-order valence-electron chi connectivity index (χ3n) is 3.11. The molecule has 14 heavy (non-hydrogen) atoms. The number of carbonyl (C=O) groups is 1. The second-order valence-corrected chi connectivity index (χ2v) is 4.59. The molecular formula is C10H18N2O2. The van der Waals surface area contributed by atoms with Crippen LogP contribution in [0.5, 0.6) is 0 Å². The molecule has 2 aliphatic rings. The van der Waals surface area contributed by atoms with Gasteiger partial charge < -0.3 is 15.0 Å². The fourth-order valence-corrected chi connectivity index (χ4v) is 1.69. The SMILES string of the molecule is CC(C)C1CN(C(=O)NC2COC2)C1. The van der Waals surface area contributed by atoms with Crippen molar-refractivity contribution in [1.29, 1.82) is 0 Å². The first kappa shape index (κ1) is 9.77.